The van der Waals surface area contributed by atoms with E-state index in [-0.39, 0.29) is 6.04 Å². The van der Waals surface area contributed by atoms with Crippen molar-refractivity contribution in [2.24, 2.45) is 0 Å². The zero-order valence-electron chi connectivity index (χ0n) is 15.2. The summed E-state index contributed by atoms with van der Waals surface area (Å²) < 4.78 is 35.7. The van der Waals surface area contributed by atoms with Gasteiger partial charge in [0.2, 0.25) is 0 Å². The minimum absolute atomic E-state index is 0.269. The molecule has 0 aliphatic carbocycles. The quantitative estimate of drug-likeness (QED) is 0.660. The number of aromatic nitrogens is 1. The first-order valence-electron chi connectivity index (χ1n) is 9.12. The van der Waals surface area contributed by atoms with E-state index in [1.165, 1.54) is 6.07 Å². The fourth-order valence-electron chi connectivity index (χ4n) is 3.89. The molecule has 1 aromatic heterocycles. The third-order valence-corrected chi connectivity index (χ3v) is 5.13. The molecular formula is C22H22F2N2O. The van der Waals surface area contributed by atoms with Gasteiger partial charge in [-0.25, -0.2) is 8.78 Å². The average Bonchev–Trinajstić information content (AvgIpc) is 3.05. The minimum Gasteiger partial charge on any atom is -0.497 e. The summed E-state index contributed by atoms with van der Waals surface area (Å²) in [6.45, 7) is 2.36. The number of benzene rings is 2. The molecule has 0 bridgehead atoms. The van der Waals surface area contributed by atoms with E-state index < -0.39 is 11.6 Å². The highest BCUT2D eigenvalue weighted by molar-refractivity contribution is 5.33. The van der Waals surface area contributed by atoms with Gasteiger partial charge in [-0.2, -0.15) is 0 Å². The predicted octanol–water partition coefficient (Wildman–Crippen LogP) is 4.77. The molecule has 27 heavy (non-hydrogen) atoms. The summed E-state index contributed by atoms with van der Waals surface area (Å²) in [6, 6.07) is 15.5. The fraction of sp³-hybridized carbons (Fsp3) is 0.273. The van der Waals surface area contributed by atoms with Gasteiger partial charge < -0.3 is 9.30 Å². The molecule has 0 N–H and O–H groups in total. The SMILES string of the molecule is COc1cccc(CN2CCCn3cccc3[C@H]2c2ccc(F)cc2F)c1. The molecule has 2 heterocycles. The molecule has 0 unspecified atom stereocenters. The Bertz CT molecular complexity index is 938. The van der Waals surface area contributed by atoms with Gasteiger partial charge in [-0.15, -0.1) is 0 Å². The van der Waals surface area contributed by atoms with Crippen molar-refractivity contribution in [3.8, 4) is 5.75 Å². The van der Waals surface area contributed by atoms with Gasteiger partial charge in [0.1, 0.15) is 17.4 Å². The van der Waals surface area contributed by atoms with Gasteiger partial charge in [-0.05, 0) is 42.3 Å². The Morgan fingerprint density at radius 1 is 1.04 bits per heavy atom. The molecule has 0 fully saturated rings. The molecule has 2 aromatic carbocycles. The van der Waals surface area contributed by atoms with Gasteiger partial charge in [0, 0.05) is 43.2 Å². The van der Waals surface area contributed by atoms with Crippen LogP contribution in [-0.4, -0.2) is 23.1 Å². The van der Waals surface area contributed by atoms with Crippen LogP contribution in [0.25, 0.3) is 0 Å². The number of aryl methyl sites for hydroxylation is 1. The maximum absolute atomic E-state index is 14.7. The number of rotatable bonds is 4. The van der Waals surface area contributed by atoms with Crippen LogP contribution < -0.4 is 4.74 Å². The molecule has 4 rings (SSSR count). The number of nitrogens with zero attached hydrogens (tertiary/aromatic N) is 2. The van der Waals surface area contributed by atoms with Gasteiger partial charge in [-0.3, -0.25) is 4.90 Å². The van der Waals surface area contributed by atoms with E-state index in [1.54, 1.807) is 13.2 Å². The summed E-state index contributed by atoms with van der Waals surface area (Å²) in [5.74, 6) is -0.264. The second kappa shape index (κ2) is 7.53. The molecule has 1 aliphatic rings. The fourth-order valence-corrected chi connectivity index (χ4v) is 3.89. The molecule has 0 saturated carbocycles. The maximum atomic E-state index is 14.7. The van der Waals surface area contributed by atoms with E-state index in [1.807, 2.05) is 42.6 Å². The summed E-state index contributed by atoms with van der Waals surface area (Å²) in [5.41, 5.74) is 2.63. The number of fused-ring (bicyclic) bond motifs is 1. The molecule has 1 atom stereocenters. The van der Waals surface area contributed by atoms with Crippen LogP contribution in [0, 0.1) is 11.6 Å². The number of hydrogen-bond donors (Lipinski definition) is 0. The van der Waals surface area contributed by atoms with Gasteiger partial charge in [0.15, 0.2) is 0 Å². The summed E-state index contributed by atoms with van der Waals surface area (Å²) in [4.78, 5) is 2.25. The van der Waals surface area contributed by atoms with Crippen LogP contribution in [0.15, 0.2) is 60.8 Å². The minimum atomic E-state index is -0.556. The van der Waals surface area contributed by atoms with E-state index >= 15 is 0 Å². The lowest BCUT2D eigenvalue weighted by Crippen LogP contribution is -2.30. The molecule has 0 radical (unpaired) electrons. The second-order valence-electron chi connectivity index (χ2n) is 6.87. The molecule has 1 aliphatic heterocycles. The molecule has 0 spiro atoms. The van der Waals surface area contributed by atoms with E-state index in [4.69, 9.17) is 4.74 Å². The van der Waals surface area contributed by atoms with Crippen LogP contribution in [0.4, 0.5) is 8.78 Å². The first kappa shape index (κ1) is 17.7. The molecule has 140 valence electrons. The Balaban J connectivity index is 1.76. The van der Waals surface area contributed by atoms with Crippen molar-refractivity contribution in [2.45, 2.75) is 25.6 Å². The smallest absolute Gasteiger partial charge is 0.131 e. The van der Waals surface area contributed by atoms with Crippen molar-refractivity contribution < 1.29 is 13.5 Å². The van der Waals surface area contributed by atoms with Gasteiger partial charge in [0.25, 0.3) is 0 Å². The summed E-state index contributed by atoms with van der Waals surface area (Å²) >= 11 is 0. The van der Waals surface area contributed by atoms with Crippen LogP contribution in [0.5, 0.6) is 5.75 Å². The molecule has 0 amide bonds. The highest BCUT2D eigenvalue weighted by Gasteiger charge is 2.29. The summed E-state index contributed by atoms with van der Waals surface area (Å²) in [6.07, 6.45) is 2.99. The van der Waals surface area contributed by atoms with Gasteiger partial charge >= 0.3 is 0 Å². The standard InChI is InChI=1S/C22H22F2N2O/c1-27-18-6-2-5-16(13-18)15-26-12-4-11-25-10-3-7-21(25)22(26)19-9-8-17(23)14-20(19)24/h2-3,5-10,13-14,22H,4,11-12,15H2,1H3/t22-/m1/s1. The maximum Gasteiger partial charge on any atom is 0.131 e. The molecule has 3 nitrogen and oxygen atoms in total. The Morgan fingerprint density at radius 3 is 2.74 bits per heavy atom. The Labute approximate surface area is 157 Å². The van der Waals surface area contributed by atoms with Crippen LogP contribution in [0.1, 0.15) is 29.3 Å². The van der Waals surface area contributed by atoms with E-state index in [0.717, 1.165) is 42.6 Å². The van der Waals surface area contributed by atoms with Crippen molar-refractivity contribution in [1.29, 1.82) is 0 Å². The normalized spacial score (nSPS) is 17.4. The van der Waals surface area contributed by atoms with E-state index in [0.29, 0.717) is 12.1 Å². The lowest BCUT2D eigenvalue weighted by Gasteiger charge is -2.31. The summed E-state index contributed by atoms with van der Waals surface area (Å²) in [7, 11) is 1.65. The monoisotopic (exact) mass is 368 g/mol. The van der Waals surface area contributed by atoms with Crippen molar-refractivity contribution in [3.05, 3.63) is 89.2 Å². The Morgan fingerprint density at radius 2 is 1.93 bits per heavy atom. The lowest BCUT2D eigenvalue weighted by molar-refractivity contribution is 0.216. The number of hydrogen-bond acceptors (Lipinski definition) is 2. The van der Waals surface area contributed by atoms with Crippen molar-refractivity contribution in [3.63, 3.8) is 0 Å². The zero-order valence-corrected chi connectivity index (χ0v) is 15.2. The third kappa shape index (κ3) is 3.60. The topological polar surface area (TPSA) is 17.4 Å². The first-order valence-corrected chi connectivity index (χ1v) is 9.12. The Kier molecular flexibility index (Phi) is 4.94. The summed E-state index contributed by atoms with van der Waals surface area (Å²) in [5, 5.41) is 0. The number of halogens is 2. The first-order chi connectivity index (χ1) is 13.2. The largest absolute Gasteiger partial charge is 0.497 e. The predicted molar refractivity (Wildman–Crippen MR) is 101 cm³/mol. The zero-order chi connectivity index (χ0) is 18.8. The van der Waals surface area contributed by atoms with Crippen molar-refractivity contribution >= 4 is 0 Å². The molecule has 5 heteroatoms. The highest BCUT2D eigenvalue weighted by atomic mass is 19.1. The number of methoxy groups -OCH3 is 1. The second-order valence-corrected chi connectivity index (χ2v) is 6.87. The number of ether oxygens (including phenoxy) is 1. The average molecular weight is 368 g/mol. The van der Waals surface area contributed by atoms with Crippen LogP contribution >= 0.6 is 0 Å². The van der Waals surface area contributed by atoms with Gasteiger partial charge in [0.05, 0.1) is 13.2 Å². The third-order valence-electron chi connectivity index (χ3n) is 5.13. The van der Waals surface area contributed by atoms with Crippen LogP contribution in [-0.2, 0) is 13.1 Å². The molecule has 3 aromatic rings. The Hall–Kier alpha value is -2.66. The highest BCUT2D eigenvalue weighted by Crippen LogP contribution is 2.34. The van der Waals surface area contributed by atoms with E-state index in [9.17, 15) is 8.78 Å². The van der Waals surface area contributed by atoms with Crippen molar-refractivity contribution in [1.82, 2.24) is 9.47 Å². The van der Waals surface area contributed by atoms with Crippen LogP contribution in [0.3, 0.4) is 0 Å². The van der Waals surface area contributed by atoms with Crippen molar-refractivity contribution in [2.75, 3.05) is 13.7 Å². The van der Waals surface area contributed by atoms with Crippen LogP contribution in [0.2, 0.25) is 0 Å². The molecular weight excluding hydrogens is 346 g/mol. The lowest BCUT2D eigenvalue weighted by atomic mass is 10.00. The molecule has 0 saturated heterocycles. The van der Waals surface area contributed by atoms with E-state index in [2.05, 4.69) is 9.47 Å². The van der Waals surface area contributed by atoms with Gasteiger partial charge in [-0.1, -0.05) is 18.2 Å².